The average molecular weight is 493 g/mol. The molecular weight excluding hydrogens is 471 g/mol. The van der Waals surface area contributed by atoms with Gasteiger partial charge in [0.1, 0.15) is 11.8 Å². The average Bonchev–Trinajstić information content (AvgIpc) is 2.73. The second kappa shape index (κ2) is 10.3. The maximum atomic E-state index is 13.3. The Bertz CT molecular complexity index is 1200. The zero-order valence-electron chi connectivity index (χ0n) is 17.5. The molecule has 0 fully saturated rings. The van der Waals surface area contributed by atoms with Crippen LogP contribution in [-0.2, 0) is 14.8 Å². The van der Waals surface area contributed by atoms with Crippen LogP contribution in [0.25, 0.3) is 0 Å². The molecule has 0 aliphatic rings. The first-order valence-electron chi connectivity index (χ1n) is 9.77. The SMILES string of the molecule is CCC(C(=O)Nc1cc(Cl)ccc1Oc1ccccc1)N(c1cccc(Cl)c1)S(C)(=O)=O. The molecule has 168 valence electrons. The van der Waals surface area contributed by atoms with Crippen LogP contribution < -0.4 is 14.4 Å². The van der Waals surface area contributed by atoms with Gasteiger partial charge in [0.05, 0.1) is 17.6 Å². The summed E-state index contributed by atoms with van der Waals surface area (Å²) in [6.45, 7) is 1.73. The zero-order chi connectivity index (χ0) is 23.3. The van der Waals surface area contributed by atoms with Gasteiger partial charge in [0.25, 0.3) is 0 Å². The summed E-state index contributed by atoms with van der Waals surface area (Å²) in [7, 11) is -3.79. The number of halogens is 2. The predicted octanol–water partition coefficient (Wildman–Crippen LogP) is 5.97. The molecule has 0 bridgehead atoms. The Hall–Kier alpha value is -2.74. The lowest BCUT2D eigenvalue weighted by atomic mass is 10.1. The fraction of sp³-hybridized carbons (Fsp3) is 0.174. The molecule has 0 saturated carbocycles. The Labute approximate surface area is 197 Å². The van der Waals surface area contributed by atoms with Crippen LogP contribution >= 0.6 is 23.2 Å². The van der Waals surface area contributed by atoms with Gasteiger partial charge in [0, 0.05) is 10.0 Å². The summed E-state index contributed by atoms with van der Waals surface area (Å²) in [5.41, 5.74) is 0.623. The fourth-order valence-electron chi connectivity index (χ4n) is 3.19. The van der Waals surface area contributed by atoms with E-state index in [0.717, 1.165) is 10.6 Å². The van der Waals surface area contributed by atoms with Gasteiger partial charge >= 0.3 is 0 Å². The molecule has 0 heterocycles. The minimum absolute atomic E-state index is 0.223. The maximum absolute atomic E-state index is 13.3. The monoisotopic (exact) mass is 492 g/mol. The minimum Gasteiger partial charge on any atom is -0.455 e. The standard InChI is InChI=1S/C23H22Cl2N2O4S/c1-3-21(27(32(2,29)30)18-9-7-8-16(24)14-18)23(28)26-20-15-17(25)12-13-22(20)31-19-10-5-4-6-11-19/h4-15,21H,3H2,1-2H3,(H,26,28). The molecule has 1 amide bonds. The summed E-state index contributed by atoms with van der Waals surface area (Å²) in [5.74, 6) is 0.421. The quantitative estimate of drug-likeness (QED) is 0.420. The first-order chi connectivity index (χ1) is 15.2. The number of ether oxygens (including phenoxy) is 1. The lowest BCUT2D eigenvalue weighted by Crippen LogP contribution is -2.47. The van der Waals surface area contributed by atoms with Crippen molar-refractivity contribution in [3.05, 3.63) is 82.8 Å². The molecule has 0 spiro atoms. The second-order valence-electron chi connectivity index (χ2n) is 7.01. The number of rotatable bonds is 8. The number of hydrogen-bond acceptors (Lipinski definition) is 4. The normalized spacial score (nSPS) is 12.1. The van der Waals surface area contributed by atoms with Crippen LogP contribution in [-0.4, -0.2) is 26.6 Å². The number of anilines is 2. The number of hydrogen-bond donors (Lipinski definition) is 1. The molecule has 1 atom stereocenters. The van der Waals surface area contributed by atoms with E-state index in [1.165, 1.54) is 6.07 Å². The highest BCUT2D eigenvalue weighted by Gasteiger charge is 2.32. The van der Waals surface area contributed by atoms with Crippen molar-refractivity contribution in [1.82, 2.24) is 0 Å². The van der Waals surface area contributed by atoms with E-state index in [0.29, 0.717) is 32.9 Å². The summed E-state index contributed by atoms with van der Waals surface area (Å²) in [5, 5.41) is 3.53. The molecule has 32 heavy (non-hydrogen) atoms. The molecule has 1 unspecified atom stereocenters. The van der Waals surface area contributed by atoms with Crippen LogP contribution in [0, 0.1) is 0 Å². The van der Waals surface area contributed by atoms with Crippen LogP contribution in [0.15, 0.2) is 72.8 Å². The van der Waals surface area contributed by atoms with E-state index in [1.54, 1.807) is 55.5 Å². The number of nitrogens with one attached hydrogen (secondary N) is 1. The number of sulfonamides is 1. The number of carbonyl (C=O) groups is 1. The maximum Gasteiger partial charge on any atom is 0.248 e. The van der Waals surface area contributed by atoms with Crippen LogP contribution in [0.5, 0.6) is 11.5 Å². The lowest BCUT2D eigenvalue weighted by Gasteiger charge is -2.30. The van der Waals surface area contributed by atoms with Crippen molar-refractivity contribution in [2.24, 2.45) is 0 Å². The van der Waals surface area contributed by atoms with Gasteiger partial charge < -0.3 is 10.1 Å². The van der Waals surface area contributed by atoms with Gasteiger partial charge in [-0.1, -0.05) is 54.4 Å². The van der Waals surface area contributed by atoms with E-state index in [-0.39, 0.29) is 6.42 Å². The van der Waals surface area contributed by atoms with Gasteiger partial charge in [-0.3, -0.25) is 9.10 Å². The number of para-hydroxylation sites is 1. The van der Waals surface area contributed by atoms with Gasteiger partial charge in [-0.15, -0.1) is 0 Å². The molecule has 6 nitrogen and oxygen atoms in total. The highest BCUT2D eigenvalue weighted by molar-refractivity contribution is 7.92. The highest BCUT2D eigenvalue weighted by Crippen LogP contribution is 2.33. The first kappa shape index (κ1) is 23.9. The third-order valence-corrected chi connectivity index (χ3v) is 6.21. The second-order valence-corrected chi connectivity index (χ2v) is 9.74. The first-order valence-corrected chi connectivity index (χ1v) is 12.4. The van der Waals surface area contributed by atoms with Crippen molar-refractivity contribution in [3.8, 4) is 11.5 Å². The van der Waals surface area contributed by atoms with Crippen LogP contribution in [0.3, 0.4) is 0 Å². The summed E-state index contributed by atoms with van der Waals surface area (Å²) < 4.78 is 32.2. The molecule has 1 N–H and O–H groups in total. The summed E-state index contributed by atoms with van der Waals surface area (Å²) >= 11 is 12.2. The molecule has 0 radical (unpaired) electrons. The summed E-state index contributed by atoms with van der Waals surface area (Å²) in [6, 6.07) is 19.2. The fourth-order valence-corrected chi connectivity index (χ4v) is 4.75. The van der Waals surface area contributed by atoms with Gasteiger partial charge in [0.15, 0.2) is 5.75 Å². The smallest absolute Gasteiger partial charge is 0.248 e. The zero-order valence-corrected chi connectivity index (χ0v) is 19.8. The summed E-state index contributed by atoms with van der Waals surface area (Å²) in [6.07, 6.45) is 1.27. The Morgan fingerprint density at radius 2 is 1.69 bits per heavy atom. The topological polar surface area (TPSA) is 75.7 Å². The molecule has 0 aromatic heterocycles. The Balaban J connectivity index is 1.94. The molecule has 3 aromatic rings. The molecule has 3 aromatic carbocycles. The Morgan fingerprint density at radius 1 is 1.00 bits per heavy atom. The van der Waals surface area contributed by atoms with Gasteiger partial charge in [-0.05, 0) is 55.0 Å². The van der Waals surface area contributed by atoms with E-state index >= 15 is 0 Å². The van der Waals surface area contributed by atoms with Crippen molar-refractivity contribution in [1.29, 1.82) is 0 Å². The van der Waals surface area contributed by atoms with Gasteiger partial charge in [-0.25, -0.2) is 8.42 Å². The Morgan fingerprint density at radius 3 is 2.31 bits per heavy atom. The third kappa shape index (κ3) is 5.94. The van der Waals surface area contributed by atoms with Crippen molar-refractivity contribution >= 4 is 50.5 Å². The van der Waals surface area contributed by atoms with E-state index in [2.05, 4.69) is 5.32 Å². The van der Waals surface area contributed by atoms with Crippen LogP contribution in [0.4, 0.5) is 11.4 Å². The van der Waals surface area contributed by atoms with Crippen molar-refractivity contribution in [2.45, 2.75) is 19.4 Å². The van der Waals surface area contributed by atoms with Crippen LogP contribution in [0.2, 0.25) is 10.0 Å². The number of benzene rings is 3. The molecular formula is C23H22Cl2N2O4S. The molecule has 9 heteroatoms. The van der Waals surface area contributed by atoms with Crippen molar-refractivity contribution in [3.63, 3.8) is 0 Å². The van der Waals surface area contributed by atoms with Crippen LogP contribution in [0.1, 0.15) is 13.3 Å². The third-order valence-electron chi connectivity index (χ3n) is 4.56. The molecule has 0 saturated heterocycles. The molecule has 3 rings (SSSR count). The lowest BCUT2D eigenvalue weighted by molar-refractivity contribution is -0.117. The van der Waals surface area contributed by atoms with Crippen molar-refractivity contribution in [2.75, 3.05) is 15.9 Å². The summed E-state index contributed by atoms with van der Waals surface area (Å²) in [4.78, 5) is 13.3. The molecule has 0 aliphatic carbocycles. The highest BCUT2D eigenvalue weighted by atomic mass is 35.5. The van der Waals surface area contributed by atoms with Crippen molar-refractivity contribution < 1.29 is 17.9 Å². The van der Waals surface area contributed by atoms with E-state index in [1.807, 2.05) is 18.2 Å². The number of nitrogens with zero attached hydrogens (tertiary/aromatic N) is 1. The largest absolute Gasteiger partial charge is 0.455 e. The van der Waals surface area contributed by atoms with Gasteiger partial charge in [-0.2, -0.15) is 0 Å². The predicted molar refractivity (Wildman–Crippen MR) is 129 cm³/mol. The van der Waals surface area contributed by atoms with E-state index in [9.17, 15) is 13.2 Å². The Kier molecular flexibility index (Phi) is 7.66. The molecule has 0 aliphatic heterocycles. The number of amides is 1. The van der Waals surface area contributed by atoms with E-state index < -0.39 is 22.0 Å². The van der Waals surface area contributed by atoms with Gasteiger partial charge in [0.2, 0.25) is 15.9 Å². The number of carbonyl (C=O) groups excluding carboxylic acids is 1. The minimum atomic E-state index is -3.79. The van der Waals surface area contributed by atoms with E-state index in [4.69, 9.17) is 27.9 Å².